The van der Waals surface area contributed by atoms with Crippen molar-refractivity contribution in [2.75, 3.05) is 6.61 Å². The van der Waals surface area contributed by atoms with Gasteiger partial charge in [0.05, 0.1) is 0 Å². The molecule has 126 valence electrons. The fraction of sp³-hybridized carbons (Fsp3) is 0.389. The Balaban J connectivity index is 1.59. The Morgan fingerprint density at radius 1 is 1.21 bits per heavy atom. The SMILES string of the molecule is Cc1csc(=O)n1CC(=O)OCC(=O)c1ccc2c(c1)CCCC2. The minimum absolute atomic E-state index is 0.161. The highest BCUT2D eigenvalue weighted by Crippen LogP contribution is 2.22. The Morgan fingerprint density at radius 2 is 1.96 bits per heavy atom. The lowest BCUT2D eigenvalue weighted by Crippen LogP contribution is -2.24. The zero-order valence-corrected chi connectivity index (χ0v) is 14.4. The minimum atomic E-state index is -0.579. The van der Waals surface area contributed by atoms with Crippen LogP contribution in [0, 0.1) is 6.92 Å². The van der Waals surface area contributed by atoms with Crippen LogP contribution in [0.1, 0.15) is 40.0 Å². The van der Waals surface area contributed by atoms with Crippen molar-refractivity contribution >= 4 is 23.1 Å². The summed E-state index contributed by atoms with van der Waals surface area (Å²) in [5.74, 6) is -0.795. The number of aromatic nitrogens is 1. The van der Waals surface area contributed by atoms with Crippen LogP contribution in [-0.2, 0) is 28.9 Å². The molecule has 0 radical (unpaired) electrons. The highest BCUT2D eigenvalue weighted by Gasteiger charge is 2.15. The number of Topliss-reactive ketones (excluding diaryl/α,β-unsaturated/α-hetero) is 1. The molecule has 6 heteroatoms. The van der Waals surface area contributed by atoms with E-state index >= 15 is 0 Å². The molecule has 0 fully saturated rings. The predicted molar refractivity (Wildman–Crippen MR) is 91.7 cm³/mol. The summed E-state index contributed by atoms with van der Waals surface area (Å²) in [7, 11) is 0. The number of benzene rings is 1. The van der Waals surface area contributed by atoms with E-state index in [1.807, 2.05) is 12.1 Å². The molecule has 0 saturated heterocycles. The molecule has 5 nitrogen and oxygen atoms in total. The highest BCUT2D eigenvalue weighted by atomic mass is 32.1. The molecule has 0 N–H and O–H groups in total. The Kier molecular flexibility index (Phi) is 4.94. The number of ether oxygens (including phenoxy) is 1. The monoisotopic (exact) mass is 345 g/mol. The van der Waals surface area contributed by atoms with Crippen molar-refractivity contribution in [2.24, 2.45) is 0 Å². The number of aryl methyl sites for hydroxylation is 3. The van der Waals surface area contributed by atoms with Gasteiger partial charge in [-0.2, -0.15) is 0 Å². The molecule has 0 atom stereocenters. The summed E-state index contributed by atoms with van der Waals surface area (Å²) in [4.78, 5) is 35.5. The molecule has 1 aromatic carbocycles. The molecule has 3 rings (SSSR count). The van der Waals surface area contributed by atoms with Crippen molar-refractivity contribution < 1.29 is 14.3 Å². The van der Waals surface area contributed by atoms with Gasteiger partial charge >= 0.3 is 10.8 Å². The average Bonchev–Trinajstić information content (AvgIpc) is 2.91. The maximum Gasteiger partial charge on any atom is 0.326 e. The fourth-order valence-corrected chi connectivity index (χ4v) is 3.64. The van der Waals surface area contributed by atoms with Gasteiger partial charge in [0.1, 0.15) is 6.54 Å². The van der Waals surface area contributed by atoms with E-state index in [0.29, 0.717) is 11.3 Å². The number of nitrogens with zero attached hydrogens (tertiary/aromatic N) is 1. The zero-order chi connectivity index (χ0) is 17.1. The van der Waals surface area contributed by atoms with Crippen LogP contribution in [0.15, 0.2) is 28.4 Å². The smallest absolute Gasteiger partial charge is 0.326 e. The van der Waals surface area contributed by atoms with Gasteiger partial charge in [0.2, 0.25) is 0 Å². The van der Waals surface area contributed by atoms with Crippen molar-refractivity contribution in [1.82, 2.24) is 4.57 Å². The topological polar surface area (TPSA) is 65.4 Å². The number of carbonyl (C=O) groups is 2. The standard InChI is InChI=1S/C18H19NO4S/c1-12-11-24-18(22)19(12)9-17(21)23-10-16(20)15-7-6-13-4-2-3-5-14(13)8-15/h6-8,11H,2-5,9-10H2,1H3. The number of fused-ring (bicyclic) bond motifs is 1. The van der Waals surface area contributed by atoms with E-state index in [1.165, 1.54) is 22.1 Å². The Labute approximate surface area is 143 Å². The number of carbonyl (C=O) groups excluding carboxylic acids is 2. The largest absolute Gasteiger partial charge is 0.456 e. The van der Waals surface area contributed by atoms with Crippen LogP contribution < -0.4 is 4.87 Å². The molecule has 0 amide bonds. The van der Waals surface area contributed by atoms with E-state index in [1.54, 1.807) is 18.4 Å². The van der Waals surface area contributed by atoms with Gasteiger partial charge in [0.25, 0.3) is 0 Å². The lowest BCUT2D eigenvalue weighted by atomic mass is 9.90. The zero-order valence-electron chi connectivity index (χ0n) is 13.5. The summed E-state index contributed by atoms with van der Waals surface area (Å²) in [5, 5.41) is 1.69. The van der Waals surface area contributed by atoms with Gasteiger partial charge < -0.3 is 4.74 Å². The first kappa shape index (κ1) is 16.6. The van der Waals surface area contributed by atoms with Crippen molar-refractivity contribution in [2.45, 2.75) is 39.2 Å². The second-order valence-electron chi connectivity index (χ2n) is 6.00. The average molecular weight is 345 g/mol. The molecule has 2 aromatic rings. The van der Waals surface area contributed by atoms with Gasteiger partial charge in [-0.1, -0.05) is 23.5 Å². The van der Waals surface area contributed by atoms with Crippen molar-refractivity contribution in [3.05, 3.63) is 55.6 Å². The summed E-state index contributed by atoms with van der Waals surface area (Å²) in [6.45, 7) is 1.30. The van der Waals surface area contributed by atoms with E-state index in [9.17, 15) is 14.4 Å². The van der Waals surface area contributed by atoms with Gasteiger partial charge in [-0.25, -0.2) is 0 Å². The maximum atomic E-state index is 12.2. The third-order valence-electron chi connectivity index (χ3n) is 4.30. The fourth-order valence-electron chi connectivity index (χ4n) is 2.91. The lowest BCUT2D eigenvalue weighted by Gasteiger charge is -2.16. The van der Waals surface area contributed by atoms with Crippen molar-refractivity contribution in [1.29, 1.82) is 0 Å². The van der Waals surface area contributed by atoms with E-state index in [2.05, 4.69) is 0 Å². The number of hydrogen-bond acceptors (Lipinski definition) is 5. The van der Waals surface area contributed by atoms with E-state index in [4.69, 9.17) is 4.74 Å². The summed E-state index contributed by atoms with van der Waals surface area (Å²) >= 11 is 1.04. The number of esters is 1. The van der Waals surface area contributed by atoms with Crippen LogP contribution in [0.3, 0.4) is 0 Å². The first-order valence-electron chi connectivity index (χ1n) is 8.00. The number of hydrogen-bond donors (Lipinski definition) is 0. The molecule has 0 unspecified atom stereocenters. The lowest BCUT2D eigenvalue weighted by molar-refractivity contribution is -0.143. The molecule has 1 aliphatic rings. The van der Waals surface area contributed by atoms with Crippen LogP contribution in [0.5, 0.6) is 0 Å². The van der Waals surface area contributed by atoms with Gasteiger partial charge in [-0.3, -0.25) is 19.0 Å². The first-order chi connectivity index (χ1) is 11.5. The molecule has 0 saturated carbocycles. The van der Waals surface area contributed by atoms with Crippen LogP contribution in [0.25, 0.3) is 0 Å². The highest BCUT2D eigenvalue weighted by molar-refractivity contribution is 7.07. The second kappa shape index (κ2) is 7.13. The number of thiazole rings is 1. The summed E-state index contributed by atoms with van der Waals surface area (Å²) in [6.07, 6.45) is 4.40. The van der Waals surface area contributed by atoms with Gasteiger partial charge in [-0.15, -0.1) is 0 Å². The first-order valence-corrected chi connectivity index (χ1v) is 8.88. The quantitative estimate of drug-likeness (QED) is 0.617. The van der Waals surface area contributed by atoms with Crippen molar-refractivity contribution in [3.63, 3.8) is 0 Å². The Bertz CT molecular complexity index is 834. The van der Waals surface area contributed by atoms with E-state index < -0.39 is 5.97 Å². The molecule has 24 heavy (non-hydrogen) atoms. The van der Waals surface area contributed by atoms with Crippen molar-refractivity contribution in [3.8, 4) is 0 Å². The van der Waals surface area contributed by atoms with Gasteiger partial charge in [0, 0.05) is 16.6 Å². The normalized spacial score (nSPS) is 13.4. The third-order valence-corrected chi connectivity index (χ3v) is 5.18. The number of rotatable bonds is 5. The van der Waals surface area contributed by atoms with Crippen LogP contribution in [0.2, 0.25) is 0 Å². The Morgan fingerprint density at radius 3 is 2.67 bits per heavy atom. The molecule has 0 bridgehead atoms. The Hall–Kier alpha value is -2.21. The second-order valence-corrected chi connectivity index (χ2v) is 6.82. The molecule has 1 heterocycles. The van der Waals surface area contributed by atoms with Crippen LogP contribution in [-0.4, -0.2) is 22.9 Å². The van der Waals surface area contributed by atoms with E-state index in [-0.39, 0.29) is 23.8 Å². The molecule has 1 aromatic heterocycles. The summed E-state index contributed by atoms with van der Waals surface area (Å²) in [5.41, 5.74) is 3.82. The third kappa shape index (κ3) is 3.64. The molecular weight excluding hydrogens is 326 g/mol. The van der Waals surface area contributed by atoms with Gasteiger partial charge in [0.15, 0.2) is 12.4 Å². The van der Waals surface area contributed by atoms with Crippen LogP contribution >= 0.6 is 11.3 Å². The number of ketones is 1. The van der Waals surface area contributed by atoms with E-state index in [0.717, 1.165) is 30.6 Å². The maximum absolute atomic E-state index is 12.2. The summed E-state index contributed by atoms with van der Waals surface area (Å²) < 4.78 is 6.39. The summed E-state index contributed by atoms with van der Waals surface area (Å²) in [6, 6.07) is 5.71. The minimum Gasteiger partial charge on any atom is -0.456 e. The molecule has 0 spiro atoms. The molecule has 0 aliphatic heterocycles. The van der Waals surface area contributed by atoms with Crippen LogP contribution in [0.4, 0.5) is 0 Å². The predicted octanol–water partition coefficient (Wildman–Crippen LogP) is 2.52. The van der Waals surface area contributed by atoms with Gasteiger partial charge in [-0.05, 0) is 49.8 Å². The molecular formula is C18H19NO4S. The molecule has 1 aliphatic carbocycles.